The number of hydrogen-bond acceptors (Lipinski definition) is 3. The van der Waals surface area contributed by atoms with Gasteiger partial charge in [-0.25, -0.2) is 0 Å². The van der Waals surface area contributed by atoms with Gasteiger partial charge in [0.15, 0.2) is 0 Å². The molecule has 0 spiro atoms. The normalized spacial score (nSPS) is 11.9. The molecular weight excluding hydrogens is 232 g/mol. The highest BCUT2D eigenvalue weighted by molar-refractivity contribution is 5.80. The summed E-state index contributed by atoms with van der Waals surface area (Å²) in [5.41, 5.74) is 0.964. The highest BCUT2D eigenvalue weighted by Gasteiger charge is 2.20. The third-order valence-corrected chi connectivity index (χ3v) is 2.87. The molecule has 0 bridgehead atoms. The van der Waals surface area contributed by atoms with Crippen LogP contribution in [-0.2, 0) is 9.59 Å². The summed E-state index contributed by atoms with van der Waals surface area (Å²) in [6.45, 7) is 1.98. The Morgan fingerprint density at radius 3 is 2.67 bits per heavy atom. The summed E-state index contributed by atoms with van der Waals surface area (Å²) in [5, 5.41) is 8.58. The van der Waals surface area contributed by atoms with Crippen LogP contribution in [0.3, 0.4) is 0 Å². The van der Waals surface area contributed by atoms with Crippen LogP contribution >= 0.6 is 0 Å². The third kappa shape index (κ3) is 3.84. The van der Waals surface area contributed by atoms with Gasteiger partial charge in [-0.05, 0) is 18.1 Å². The van der Waals surface area contributed by atoms with E-state index in [1.54, 1.807) is 24.3 Å². The van der Waals surface area contributed by atoms with Crippen LogP contribution in [0.1, 0.15) is 37.8 Å². The predicted octanol–water partition coefficient (Wildman–Crippen LogP) is 1.86. The molecule has 5 heteroatoms. The SMILES string of the molecule is CCC(c1cccnc1)N(C)C(=O)CCC(=O)O. The summed E-state index contributed by atoms with van der Waals surface area (Å²) in [7, 11) is 1.70. The highest BCUT2D eigenvalue weighted by Crippen LogP contribution is 2.22. The highest BCUT2D eigenvalue weighted by atomic mass is 16.4. The standard InChI is InChI=1S/C13H18N2O3/c1-3-11(10-5-4-8-14-9-10)15(2)12(16)6-7-13(17)18/h4-5,8-9,11H,3,6-7H2,1-2H3,(H,17,18). The lowest BCUT2D eigenvalue weighted by Crippen LogP contribution is -2.31. The molecule has 0 saturated heterocycles. The van der Waals surface area contributed by atoms with Crippen molar-refractivity contribution in [3.63, 3.8) is 0 Å². The van der Waals surface area contributed by atoms with Crippen LogP contribution in [-0.4, -0.2) is 33.9 Å². The third-order valence-electron chi connectivity index (χ3n) is 2.87. The van der Waals surface area contributed by atoms with Crippen molar-refractivity contribution < 1.29 is 14.7 Å². The first-order chi connectivity index (χ1) is 8.56. The first-order valence-corrected chi connectivity index (χ1v) is 5.93. The van der Waals surface area contributed by atoms with Crippen LogP contribution in [0.2, 0.25) is 0 Å². The molecule has 1 amide bonds. The van der Waals surface area contributed by atoms with Crippen LogP contribution in [0.5, 0.6) is 0 Å². The van der Waals surface area contributed by atoms with E-state index in [0.717, 1.165) is 12.0 Å². The average Bonchev–Trinajstić information content (AvgIpc) is 2.38. The van der Waals surface area contributed by atoms with Crippen molar-refractivity contribution in [3.8, 4) is 0 Å². The Labute approximate surface area is 106 Å². The number of aliphatic carboxylic acids is 1. The molecular formula is C13H18N2O3. The van der Waals surface area contributed by atoms with Gasteiger partial charge in [0, 0.05) is 25.9 Å². The van der Waals surface area contributed by atoms with E-state index in [4.69, 9.17) is 5.11 Å². The van der Waals surface area contributed by atoms with Gasteiger partial charge in [-0.2, -0.15) is 0 Å². The van der Waals surface area contributed by atoms with Crippen LogP contribution in [0.15, 0.2) is 24.5 Å². The number of carboxylic acids is 1. The van der Waals surface area contributed by atoms with Gasteiger partial charge < -0.3 is 10.0 Å². The fourth-order valence-corrected chi connectivity index (χ4v) is 1.87. The molecule has 0 aliphatic rings. The van der Waals surface area contributed by atoms with E-state index < -0.39 is 5.97 Å². The van der Waals surface area contributed by atoms with Gasteiger partial charge in [-0.15, -0.1) is 0 Å². The number of rotatable bonds is 6. The second-order valence-electron chi connectivity index (χ2n) is 4.11. The number of hydrogen-bond donors (Lipinski definition) is 1. The summed E-state index contributed by atoms with van der Waals surface area (Å²) >= 11 is 0. The first-order valence-electron chi connectivity index (χ1n) is 5.93. The Bertz CT molecular complexity index is 406. The molecule has 0 aromatic carbocycles. The Hall–Kier alpha value is -1.91. The van der Waals surface area contributed by atoms with Gasteiger partial charge in [0.05, 0.1) is 12.5 Å². The molecule has 0 radical (unpaired) electrons. The van der Waals surface area contributed by atoms with E-state index in [1.165, 1.54) is 0 Å². The second kappa shape index (κ2) is 6.74. The van der Waals surface area contributed by atoms with Gasteiger partial charge in [-0.3, -0.25) is 14.6 Å². The molecule has 1 aromatic rings. The zero-order valence-corrected chi connectivity index (χ0v) is 10.7. The second-order valence-corrected chi connectivity index (χ2v) is 4.11. The number of pyridine rings is 1. The van der Waals surface area contributed by atoms with Crippen molar-refractivity contribution in [2.24, 2.45) is 0 Å². The van der Waals surface area contributed by atoms with E-state index in [9.17, 15) is 9.59 Å². The van der Waals surface area contributed by atoms with Gasteiger partial charge in [0.25, 0.3) is 0 Å². The van der Waals surface area contributed by atoms with Crippen molar-refractivity contribution in [1.29, 1.82) is 0 Å². The van der Waals surface area contributed by atoms with Crippen molar-refractivity contribution in [2.45, 2.75) is 32.2 Å². The van der Waals surface area contributed by atoms with Crippen molar-refractivity contribution in [3.05, 3.63) is 30.1 Å². The van der Waals surface area contributed by atoms with Crippen molar-refractivity contribution in [2.75, 3.05) is 7.05 Å². The molecule has 0 saturated carbocycles. The number of carbonyl (C=O) groups is 2. The van der Waals surface area contributed by atoms with Crippen molar-refractivity contribution >= 4 is 11.9 Å². The van der Waals surface area contributed by atoms with Crippen LogP contribution in [0.4, 0.5) is 0 Å². The average molecular weight is 250 g/mol. The molecule has 0 aliphatic carbocycles. The van der Waals surface area contributed by atoms with E-state index in [0.29, 0.717) is 0 Å². The summed E-state index contributed by atoms with van der Waals surface area (Å²) in [5.74, 6) is -1.11. The van der Waals surface area contributed by atoms with Gasteiger partial charge >= 0.3 is 5.97 Å². The van der Waals surface area contributed by atoms with Gasteiger partial charge in [-0.1, -0.05) is 13.0 Å². The van der Waals surface area contributed by atoms with Crippen LogP contribution in [0.25, 0.3) is 0 Å². The summed E-state index contributed by atoms with van der Waals surface area (Å²) < 4.78 is 0. The molecule has 1 heterocycles. The van der Waals surface area contributed by atoms with Gasteiger partial charge in [0.2, 0.25) is 5.91 Å². The van der Waals surface area contributed by atoms with E-state index in [1.807, 2.05) is 19.1 Å². The molecule has 0 aliphatic heterocycles. The maximum atomic E-state index is 11.9. The number of carbonyl (C=O) groups excluding carboxylic acids is 1. The molecule has 18 heavy (non-hydrogen) atoms. The van der Waals surface area contributed by atoms with E-state index in [2.05, 4.69) is 4.98 Å². The lowest BCUT2D eigenvalue weighted by Gasteiger charge is -2.27. The number of nitrogens with zero attached hydrogens (tertiary/aromatic N) is 2. The van der Waals surface area contributed by atoms with Gasteiger partial charge in [0.1, 0.15) is 0 Å². The van der Waals surface area contributed by atoms with Crippen molar-refractivity contribution in [1.82, 2.24) is 9.88 Å². The fraction of sp³-hybridized carbons (Fsp3) is 0.462. The largest absolute Gasteiger partial charge is 0.481 e. The minimum Gasteiger partial charge on any atom is -0.481 e. The van der Waals surface area contributed by atoms with E-state index in [-0.39, 0.29) is 24.8 Å². The molecule has 1 unspecified atom stereocenters. The maximum Gasteiger partial charge on any atom is 0.303 e. The predicted molar refractivity (Wildman–Crippen MR) is 66.9 cm³/mol. The van der Waals surface area contributed by atoms with Crippen LogP contribution < -0.4 is 0 Å². The first kappa shape index (κ1) is 14.2. The zero-order valence-electron chi connectivity index (χ0n) is 10.7. The lowest BCUT2D eigenvalue weighted by molar-refractivity contribution is -0.141. The topological polar surface area (TPSA) is 70.5 Å². The maximum absolute atomic E-state index is 11.9. The molecule has 98 valence electrons. The quantitative estimate of drug-likeness (QED) is 0.836. The number of aromatic nitrogens is 1. The number of carboxylic acid groups (broad SMARTS) is 1. The Balaban J connectivity index is 2.70. The summed E-state index contributed by atoms with van der Waals surface area (Å²) in [6.07, 6.45) is 4.08. The summed E-state index contributed by atoms with van der Waals surface area (Å²) in [4.78, 5) is 28.0. The fourth-order valence-electron chi connectivity index (χ4n) is 1.87. The van der Waals surface area contributed by atoms with Crippen LogP contribution in [0, 0.1) is 0 Å². The molecule has 0 fully saturated rings. The van der Waals surface area contributed by atoms with E-state index >= 15 is 0 Å². The molecule has 1 atom stereocenters. The monoisotopic (exact) mass is 250 g/mol. The minimum atomic E-state index is -0.953. The molecule has 5 nitrogen and oxygen atoms in total. The number of amides is 1. The smallest absolute Gasteiger partial charge is 0.303 e. The molecule has 1 rings (SSSR count). The lowest BCUT2D eigenvalue weighted by atomic mass is 10.0. The minimum absolute atomic E-state index is 0.0304. The Kier molecular flexibility index (Phi) is 5.30. The zero-order chi connectivity index (χ0) is 13.5. The Morgan fingerprint density at radius 2 is 2.17 bits per heavy atom. The summed E-state index contributed by atoms with van der Waals surface area (Å²) in [6, 6.07) is 3.69. The molecule has 1 N–H and O–H groups in total. The molecule has 1 aromatic heterocycles. The Morgan fingerprint density at radius 1 is 1.44 bits per heavy atom.